The van der Waals surface area contributed by atoms with Crippen LogP contribution in [-0.2, 0) is 23.6 Å². The summed E-state index contributed by atoms with van der Waals surface area (Å²) in [6.45, 7) is 3.53. The molecule has 1 saturated heterocycles. The van der Waals surface area contributed by atoms with Gasteiger partial charge in [0, 0.05) is 25.3 Å². The highest BCUT2D eigenvalue weighted by molar-refractivity contribution is 7.97. The van der Waals surface area contributed by atoms with E-state index in [1.54, 1.807) is 11.8 Å². The first kappa shape index (κ1) is 16.9. The quantitative estimate of drug-likeness (QED) is 0.807. The van der Waals surface area contributed by atoms with Gasteiger partial charge in [0.05, 0.1) is 18.8 Å². The topological polar surface area (TPSA) is 57.5 Å². The summed E-state index contributed by atoms with van der Waals surface area (Å²) in [4.78, 5) is 13.6. The molecule has 0 aliphatic carbocycles. The molecule has 5 nitrogen and oxygen atoms in total. The number of hydrogen-bond donors (Lipinski definition) is 2. The van der Waals surface area contributed by atoms with Crippen LogP contribution in [0.1, 0.15) is 17.1 Å². The molecule has 0 bridgehead atoms. The van der Waals surface area contributed by atoms with Gasteiger partial charge in [-0.25, -0.2) is 0 Å². The van der Waals surface area contributed by atoms with Crippen molar-refractivity contribution in [3.63, 3.8) is 0 Å². The molecule has 0 unspecified atom stereocenters. The summed E-state index contributed by atoms with van der Waals surface area (Å²) in [6, 6.07) is 12.4. The van der Waals surface area contributed by atoms with Gasteiger partial charge in [-0.15, -0.1) is 0 Å². The number of anilines is 1. The van der Waals surface area contributed by atoms with Gasteiger partial charge in [-0.3, -0.25) is 4.79 Å². The number of nitrogens with one attached hydrogen (secondary N) is 2. The first-order valence-electron chi connectivity index (χ1n) is 8.12. The lowest BCUT2D eigenvalue weighted by molar-refractivity contribution is -0.120. The normalized spacial score (nSPS) is 14.7. The maximum Gasteiger partial charge on any atom is 0.239 e. The van der Waals surface area contributed by atoms with Crippen molar-refractivity contribution in [1.82, 2.24) is 10.6 Å². The number of benzene rings is 1. The Labute approximate surface area is 146 Å². The first-order valence-corrected chi connectivity index (χ1v) is 9.52. The Hall–Kier alpha value is -1.92. The molecule has 2 heterocycles. The number of hydrogen-bond acceptors (Lipinski definition) is 5. The number of carbonyl (C=O) groups excluding carboxylic acids is 1. The van der Waals surface area contributed by atoms with Crippen LogP contribution in [0.2, 0.25) is 0 Å². The summed E-state index contributed by atoms with van der Waals surface area (Å²) in [5.41, 5.74) is 2.32. The number of carbonyl (C=O) groups is 1. The number of nitrogens with zero attached hydrogens (tertiary/aromatic N) is 1. The van der Waals surface area contributed by atoms with Crippen molar-refractivity contribution in [2.75, 3.05) is 30.8 Å². The van der Waals surface area contributed by atoms with Gasteiger partial charge >= 0.3 is 0 Å². The highest BCUT2D eigenvalue weighted by Crippen LogP contribution is 2.16. The molecule has 1 aliphatic heterocycles. The van der Waals surface area contributed by atoms with E-state index in [1.807, 2.05) is 12.1 Å². The van der Waals surface area contributed by atoms with E-state index in [-0.39, 0.29) is 5.91 Å². The average Bonchev–Trinajstić information content (AvgIpc) is 3.03. The monoisotopic (exact) mass is 345 g/mol. The standard InChI is InChI=1S/C18H23N3O2S/c1-24-13-17-7-6-16(23-17)11-19-10-14-2-4-15(5-3-14)21-9-8-20-18(22)12-21/h2-7,19H,8-13H2,1H3,(H,20,22). The molecule has 0 radical (unpaired) electrons. The second kappa shape index (κ2) is 8.26. The minimum atomic E-state index is 0.0892. The zero-order valence-corrected chi connectivity index (χ0v) is 14.7. The number of rotatable bonds is 7. The van der Waals surface area contributed by atoms with E-state index in [4.69, 9.17) is 4.42 Å². The van der Waals surface area contributed by atoms with Crippen LogP contribution < -0.4 is 15.5 Å². The summed E-state index contributed by atoms with van der Waals surface area (Å²) in [6.07, 6.45) is 2.07. The Morgan fingerprint density at radius 1 is 1.17 bits per heavy atom. The van der Waals surface area contributed by atoms with Gasteiger partial charge in [0.1, 0.15) is 11.5 Å². The van der Waals surface area contributed by atoms with Gasteiger partial charge in [0.25, 0.3) is 0 Å². The van der Waals surface area contributed by atoms with Gasteiger partial charge in [0.15, 0.2) is 0 Å². The SMILES string of the molecule is CSCc1ccc(CNCc2ccc(N3CCNC(=O)C3)cc2)o1. The van der Waals surface area contributed by atoms with Gasteiger partial charge in [-0.1, -0.05) is 12.1 Å². The molecule has 24 heavy (non-hydrogen) atoms. The summed E-state index contributed by atoms with van der Waals surface area (Å²) < 4.78 is 5.74. The highest BCUT2D eigenvalue weighted by Gasteiger charge is 2.16. The van der Waals surface area contributed by atoms with E-state index in [0.29, 0.717) is 13.1 Å². The molecule has 1 aliphatic rings. The maximum absolute atomic E-state index is 11.5. The lowest BCUT2D eigenvalue weighted by Gasteiger charge is -2.28. The van der Waals surface area contributed by atoms with E-state index in [9.17, 15) is 4.79 Å². The lowest BCUT2D eigenvalue weighted by Crippen LogP contribution is -2.47. The Kier molecular flexibility index (Phi) is 5.82. The maximum atomic E-state index is 11.5. The molecule has 128 valence electrons. The molecule has 1 fully saturated rings. The van der Waals surface area contributed by atoms with E-state index < -0.39 is 0 Å². The predicted molar refractivity (Wildman–Crippen MR) is 98.1 cm³/mol. The number of amides is 1. The van der Waals surface area contributed by atoms with Crippen LogP contribution in [-0.4, -0.2) is 31.8 Å². The number of furan rings is 1. The second-order valence-electron chi connectivity index (χ2n) is 5.84. The minimum Gasteiger partial charge on any atom is -0.464 e. The van der Waals surface area contributed by atoms with E-state index in [2.05, 4.69) is 46.1 Å². The zero-order chi connectivity index (χ0) is 16.8. The third-order valence-corrected chi connectivity index (χ3v) is 4.55. The molecular weight excluding hydrogens is 322 g/mol. The Bertz CT molecular complexity index is 669. The average molecular weight is 345 g/mol. The Morgan fingerprint density at radius 2 is 1.96 bits per heavy atom. The van der Waals surface area contributed by atoms with Gasteiger partial charge in [-0.2, -0.15) is 11.8 Å². The fraction of sp³-hybridized carbons (Fsp3) is 0.389. The summed E-state index contributed by atoms with van der Waals surface area (Å²) in [5, 5.41) is 6.25. The van der Waals surface area contributed by atoms with Gasteiger partial charge in [-0.05, 0) is 36.1 Å². The summed E-state index contributed by atoms with van der Waals surface area (Å²) in [5.74, 6) is 2.99. The van der Waals surface area contributed by atoms with Crippen LogP contribution in [0.3, 0.4) is 0 Å². The van der Waals surface area contributed by atoms with E-state index in [0.717, 1.165) is 42.6 Å². The van der Waals surface area contributed by atoms with Crippen molar-refractivity contribution in [3.8, 4) is 0 Å². The third kappa shape index (κ3) is 4.55. The number of thioether (sulfide) groups is 1. The fourth-order valence-electron chi connectivity index (χ4n) is 2.75. The first-order chi connectivity index (χ1) is 11.7. The molecule has 6 heteroatoms. The predicted octanol–water partition coefficient (Wildman–Crippen LogP) is 2.37. The summed E-state index contributed by atoms with van der Waals surface area (Å²) >= 11 is 1.76. The molecule has 0 spiro atoms. The molecule has 2 aromatic rings. The van der Waals surface area contributed by atoms with Crippen molar-refractivity contribution < 1.29 is 9.21 Å². The molecule has 0 saturated carbocycles. The molecule has 0 atom stereocenters. The lowest BCUT2D eigenvalue weighted by atomic mass is 10.2. The molecule has 1 aromatic heterocycles. The van der Waals surface area contributed by atoms with Crippen molar-refractivity contribution in [2.45, 2.75) is 18.8 Å². The molecular formula is C18H23N3O2S. The van der Waals surface area contributed by atoms with Crippen molar-refractivity contribution in [3.05, 3.63) is 53.5 Å². The van der Waals surface area contributed by atoms with Crippen LogP contribution in [0.15, 0.2) is 40.8 Å². The van der Waals surface area contributed by atoms with Crippen LogP contribution in [0.4, 0.5) is 5.69 Å². The summed E-state index contributed by atoms with van der Waals surface area (Å²) in [7, 11) is 0. The zero-order valence-electron chi connectivity index (χ0n) is 13.9. The van der Waals surface area contributed by atoms with Gasteiger partial charge in [0.2, 0.25) is 5.91 Å². The van der Waals surface area contributed by atoms with Crippen LogP contribution in [0.5, 0.6) is 0 Å². The number of piperazine rings is 1. The van der Waals surface area contributed by atoms with Crippen LogP contribution >= 0.6 is 11.8 Å². The van der Waals surface area contributed by atoms with Crippen molar-refractivity contribution in [2.24, 2.45) is 0 Å². The van der Waals surface area contributed by atoms with Crippen LogP contribution in [0.25, 0.3) is 0 Å². The largest absolute Gasteiger partial charge is 0.464 e. The molecule has 3 rings (SSSR count). The molecule has 2 N–H and O–H groups in total. The smallest absolute Gasteiger partial charge is 0.239 e. The fourth-order valence-corrected chi connectivity index (χ4v) is 3.19. The Morgan fingerprint density at radius 3 is 2.71 bits per heavy atom. The van der Waals surface area contributed by atoms with Crippen molar-refractivity contribution in [1.29, 1.82) is 0 Å². The highest BCUT2D eigenvalue weighted by atomic mass is 32.2. The molecule has 1 amide bonds. The van der Waals surface area contributed by atoms with E-state index in [1.165, 1.54) is 5.56 Å². The minimum absolute atomic E-state index is 0.0892. The van der Waals surface area contributed by atoms with Crippen molar-refractivity contribution >= 4 is 23.4 Å². The third-order valence-electron chi connectivity index (χ3n) is 3.97. The molecule has 1 aromatic carbocycles. The van der Waals surface area contributed by atoms with Crippen LogP contribution in [0, 0.1) is 0 Å². The Balaban J connectivity index is 1.48. The van der Waals surface area contributed by atoms with E-state index >= 15 is 0 Å². The second-order valence-corrected chi connectivity index (χ2v) is 6.71. The van der Waals surface area contributed by atoms with Gasteiger partial charge < -0.3 is 20.0 Å².